The average molecular weight is 272 g/mol. The molecule has 18 heavy (non-hydrogen) atoms. The monoisotopic (exact) mass is 271 g/mol. The number of hydrogen-bond donors (Lipinski definition) is 3. The molecule has 1 aromatic carbocycles. The molecule has 0 saturated heterocycles. The lowest BCUT2D eigenvalue weighted by molar-refractivity contribution is 0.0532. The minimum atomic E-state index is -0.867. The number of rotatable bonds is 7. The molecular weight excluding hydrogens is 254 g/mol. The minimum absolute atomic E-state index is 0.0628. The number of ether oxygens (including phenoxy) is 1. The van der Waals surface area contributed by atoms with Gasteiger partial charge in [0.15, 0.2) is 0 Å². The molecule has 0 heterocycles. The van der Waals surface area contributed by atoms with E-state index >= 15 is 0 Å². The van der Waals surface area contributed by atoms with E-state index in [1.165, 1.54) is 12.8 Å². The van der Waals surface area contributed by atoms with E-state index in [-0.39, 0.29) is 13.2 Å². The van der Waals surface area contributed by atoms with Crippen LogP contribution in [0.25, 0.3) is 0 Å². The Morgan fingerprint density at radius 3 is 2.89 bits per heavy atom. The van der Waals surface area contributed by atoms with Crippen molar-refractivity contribution in [3.63, 3.8) is 0 Å². The van der Waals surface area contributed by atoms with E-state index in [0.717, 1.165) is 5.56 Å². The number of nitrogens with one attached hydrogen (secondary N) is 1. The summed E-state index contributed by atoms with van der Waals surface area (Å²) in [7, 11) is 0. The van der Waals surface area contributed by atoms with Crippen LogP contribution in [-0.4, -0.2) is 35.6 Å². The number of halogens is 1. The van der Waals surface area contributed by atoms with Crippen LogP contribution in [0, 0.1) is 0 Å². The van der Waals surface area contributed by atoms with E-state index in [1.807, 2.05) is 18.2 Å². The van der Waals surface area contributed by atoms with E-state index in [1.54, 1.807) is 0 Å². The zero-order chi connectivity index (χ0) is 13.0. The summed E-state index contributed by atoms with van der Waals surface area (Å²) in [5, 5.41) is 22.1. The molecule has 2 rings (SSSR count). The summed E-state index contributed by atoms with van der Waals surface area (Å²) in [4.78, 5) is 0. The van der Waals surface area contributed by atoms with Crippen LogP contribution >= 0.6 is 11.6 Å². The Morgan fingerprint density at radius 2 is 2.22 bits per heavy atom. The van der Waals surface area contributed by atoms with Crippen LogP contribution in [0.2, 0.25) is 5.02 Å². The number of aliphatic hydroxyl groups excluding tert-OH is 2. The average Bonchev–Trinajstić information content (AvgIpc) is 3.18. The first kappa shape index (κ1) is 13.6. The van der Waals surface area contributed by atoms with Gasteiger partial charge in [-0.3, -0.25) is 0 Å². The molecule has 1 saturated carbocycles. The summed E-state index contributed by atoms with van der Waals surface area (Å²) in [6.45, 7) is 0.415. The summed E-state index contributed by atoms with van der Waals surface area (Å²) in [6, 6.07) is 6.04. The standard InChI is InChI=1S/C13H18ClNO3/c14-12-2-1-3-13(18-8-10(17)7-16)11(12)6-15-9-4-5-9/h1-3,9-10,15-17H,4-8H2. The second-order valence-electron chi connectivity index (χ2n) is 4.52. The molecule has 4 nitrogen and oxygen atoms in total. The molecule has 1 aliphatic carbocycles. The van der Waals surface area contributed by atoms with Gasteiger partial charge in [0.05, 0.1) is 6.61 Å². The Labute approximate surface area is 112 Å². The molecule has 1 aromatic rings. The second kappa shape index (κ2) is 6.38. The summed E-state index contributed by atoms with van der Waals surface area (Å²) in [5.74, 6) is 0.656. The Bertz CT molecular complexity index is 396. The molecular formula is C13H18ClNO3. The molecule has 0 aromatic heterocycles. The van der Waals surface area contributed by atoms with Crippen molar-refractivity contribution in [2.75, 3.05) is 13.2 Å². The highest BCUT2D eigenvalue weighted by atomic mass is 35.5. The Morgan fingerprint density at radius 1 is 1.44 bits per heavy atom. The smallest absolute Gasteiger partial charge is 0.125 e. The van der Waals surface area contributed by atoms with Gasteiger partial charge in [0, 0.05) is 23.2 Å². The van der Waals surface area contributed by atoms with Gasteiger partial charge >= 0.3 is 0 Å². The lowest BCUT2D eigenvalue weighted by Crippen LogP contribution is -2.22. The van der Waals surface area contributed by atoms with Crippen molar-refractivity contribution in [3.05, 3.63) is 28.8 Å². The molecule has 0 amide bonds. The van der Waals surface area contributed by atoms with E-state index in [9.17, 15) is 5.11 Å². The van der Waals surface area contributed by atoms with Crippen molar-refractivity contribution in [2.24, 2.45) is 0 Å². The van der Waals surface area contributed by atoms with E-state index in [2.05, 4.69) is 5.32 Å². The van der Waals surface area contributed by atoms with Crippen molar-refractivity contribution in [1.29, 1.82) is 0 Å². The van der Waals surface area contributed by atoms with Crippen molar-refractivity contribution in [3.8, 4) is 5.75 Å². The highest BCUT2D eigenvalue weighted by molar-refractivity contribution is 6.31. The Hall–Kier alpha value is -0.810. The zero-order valence-corrected chi connectivity index (χ0v) is 10.9. The molecule has 1 aliphatic rings. The lowest BCUT2D eigenvalue weighted by atomic mass is 10.2. The van der Waals surface area contributed by atoms with Gasteiger partial charge in [-0.15, -0.1) is 0 Å². The first-order valence-electron chi connectivity index (χ1n) is 6.13. The van der Waals surface area contributed by atoms with Crippen LogP contribution < -0.4 is 10.1 Å². The Balaban J connectivity index is 1.99. The fraction of sp³-hybridized carbons (Fsp3) is 0.538. The highest BCUT2D eigenvalue weighted by Crippen LogP contribution is 2.28. The van der Waals surface area contributed by atoms with Crippen molar-refractivity contribution >= 4 is 11.6 Å². The van der Waals surface area contributed by atoms with Gasteiger partial charge in [-0.1, -0.05) is 17.7 Å². The fourth-order valence-corrected chi connectivity index (χ4v) is 1.85. The van der Waals surface area contributed by atoms with Crippen LogP contribution in [-0.2, 0) is 6.54 Å². The maximum atomic E-state index is 9.28. The first-order valence-corrected chi connectivity index (χ1v) is 6.51. The van der Waals surface area contributed by atoms with Gasteiger partial charge in [0.2, 0.25) is 0 Å². The highest BCUT2D eigenvalue weighted by Gasteiger charge is 2.21. The molecule has 1 unspecified atom stereocenters. The van der Waals surface area contributed by atoms with Gasteiger partial charge < -0.3 is 20.3 Å². The van der Waals surface area contributed by atoms with Gasteiger partial charge in [0.1, 0.15) is 18.5 Å². The van der Waals surface area contributed by atoms with Crippen LogP contribution in [0.5, 0.6) is 5.75 Å². The SMILES string of the molecule is OCC(O)COc1cccc(Cl)c1CNC1CC1. The first-order chi connectivity index (χ1) is 8.70. The summed E-state index contributed by atoms with van der Waals surface area (Å²) in [6.07, 6.45) is 1.56. The number of aliphatic hydroxyl groups is 2. The maximum Gasteiger partial charge on any atom is 0.125 e. The van der Waals surface area contributed by atoms with Gasteiger partial charge in [-0.05, 0) is 25.0 Å². The van der Waals surface area contributed by atoms with Gasteiger partial charge in [0.25, 0.3) is 0 Å². The topological polar surface area (TPSA) is 61.7 Å². The van der Waals surface area contributed by atoms with Crippen molar-refractivity contribution in [2.45, 2.75) is 31.5 Å². The third-order valence-electron chi connectivity index (χ3n) is 2.86. The largest absolute Gasteiger partial charge is 0.490 e. The molecule has 5 heteroatoms. The van der Waals surface area contributed by atoms with E-state index in [0.29, 0.717) is 23.4 Å². The predicted molar refractivity (Wildman–Crippen MR) is 69.9 cm³/mol. The van der Waals surface area contributed by atoms with Crippen LogP contribution in [0.3, 0.4) is 0 Å². The van der Waals surface area contributed by atoms with Crippen molar-refractivity contribution < 1.29 is 14.9 Å². The molecule has 1 fully saturated rings. The third kappa shape index (κ3) is 3.85. The lowest BCUT2D eigenvalue weighted by Gasteiger charge is -2.15. The normalized spacial score (nSPS) is 16.6. The fourth-order valence-electron chi connectivity index (χ4n) is 1.62. The molecule has 0 bridgehead atoms. The summed E-state index contributed by atoms with van der Waals surface area (Å²) in [5.41, 5.74) is 0.899. The molecule has 100 valence electrons. The van der Waals surface area contributed by atoms with E-state index in [4.69, 9.17) is 21.4 Å². The van der Waals surface area contributed by atoms with Gasteiger partial charge in [-0.25, -0.2) is 0 Å². The molecule has 1 atom stereocenters. The predicted octanol–water partition coefficient (Wildman–Crippen LogP) is 1.32. The van der Waals surface area contributed by atoms with Gasteiger partial charge in [-0.2, -0.15) is 0 Å². The maximum absolute atomic E-state index is 9.28. The summed E-state index contributed by atoms with van der Waals surface area (Å²) >= 11 is 6.15. The van der Waals surface area contributed by atoms with Crippen LogP contribution in [0.4, 0.5) is 0 Å². The molecule has 0 radical (unpaired) electrons. The third-order valence-corrected chi connectivity index (χ3v) is 3.22. The van der Waals surface area contributed by atoms with Crippen LogP contribution in [0.15, 0.2) is 18.2 Å². The summed E-state index contributed by atoms with van der Waals surface area (Å²) < 4.78 is 5.49. The molecule has 0 aliphatic heterocycles. The molecule has 3 N–H and O–H groups in total. The van der Waals surface area contributed by atoms with Crippen LogP contribution in [0.1, 0.15) is 18.4 Å². The zero-order valence-electron chi connectivity index (χ0n) is 10.1. The minimum Gasteiger partial charge on any atom is -0.490 e. The second-order valence-corrected chi connectivity index (χ2v) is 4.93. The Kier molecular flexibility index (Phi) is 4.83. The van der Waals surface area contributed by atoms with E-state index < -0.39 is 6.10 Å². The quantitative estimate of drug-likeness (QED) is 0.700. The molecule has 0 spiro atoms. The number of hydrogen-bond acceptors (Lipinski definition) is 4. The number of benzene rings is 1. The van der Waals surface area contributed by atoms with Crippen molar-refractivity contribution in [1.82, 2.24) is 5.32 Å².